The second kappa shape index (κ2) is 9.11. The van der Waals surface area contributed by atoms with Gasteiger partial charge in [-0.05, 0) is 44.5 Å². The molecule has 0 spiro atoms. The van der Waals surface area contributed by atoms with Crippen molar-refractivity contribution >= 4 is 5.82 Å². The van der Waals surface area contributed by atoms with Crippen LogP contribution in [0.3, 0.4) is 0 Å². The molecule has 0 radical (unpaired) electrons. The molecule has 1 aliphatic rings. The van der Waals surface area contributed by atoms with Gasteiger partial charge < -0.3 is 9.42 Å². The molecule has 0 bridgehead atoms. The van der Waals surface area contributed by atoms with Crippen LogP contribution in [-0.4, -0.2) is 56.4 Å². The maximum atomic E-state index is 13.4. The Bertz CT molecular complexity index is 1180. The predicted octanol–water partition coefficient (Wildman–Crippen LogP) is 3.72. The van der Waals surface area contributed by atoms with E-state index in [1.807, 2.05) is 26.2 Å². The van der Waals surface area contributed by atoms with Crippen molar-refractivity contribution in [3.8, 4) is 11.3 Å². The average molecular weight is 448 g/mol. The van der Waals surface area contributed by atoms with Crippen LogP contribution < -0.4 is 4.90 Å². The van der Waals surface area contributed by atoms with Gasteiger partial charge in [0.15, 0.2) is 5.82 Å². The maximum absolute atomic E-state index is 13.4. The number of hydrogen-bond acceptors (Lipinski definition) is 7. The van der Waals surface area contributed by atoms with Crippen molar-refractivity contribution in [1.82, 2.24) is 30.2 Å². The summed E-state index contributed by atoms with van der Waals surface area (Å²) < 4.78 is 18.8. The molecule has 3 aromatic heterocycles. The molecule has 4 aromatic rings. The molecule has 4 heterocycles. The topological polar surface area (TPSA) is 87.0 Å². The summed E-state index contributed by atoms with van der Waals surface area (Å²) in [6.07, 6.45) is 8.05. The van der Waals surface area contributed by atoms with Crippen LogP contribution in [0.15, 0.2) is 53.6 Å². The molecule has 1 N–H and O–H groups in total. The van der Waals surface area contributed by atoms with Crippen LogP contribution in [0, 0.1) is 19.7 Å². The maximum Gasteiger partial charge on any atom is 0.155 e. The minimum atomic E-state index is -0.263. The lowest BCUT2D eigenvalue weighted by atomic mass is 9.98. The highest BCUT2D eigenvalue weighted by Crippen LogP contribution is 2.31. The van der Waals surface area contributed by atoms with E-state index in [1.165, 1.54) is 12.1 Å². The molecule has 1 saturated heterocycles. The Kier molecular flexibility index (Phi) is 5.87. The molecule has 9 heteroatoms. The summed E-state index contributed by atoms with van der Waals surface area (Å²) >= 11 is 0. The third-order valence-electron chi connectivity index (χ3n) is 6.33. The van der Waals surface area contributed by atoms with E-state index in [2.05, 4.69) is 35.1 Å². The summed E-state index contributed by atoms with van der Waals surface area (Å²) in [5.74, 6) is 1.43. The second-order valence-electron chi connectivity index (χ2n) is 8.31. The zero-order valence-corrected chi connectivity index (χ0v) is 18.7. The number of rotatable bonds is 6. The Hall–Kier alpha value is -3.59. The molecule has 5 rings (SSSR count). The van der Waals surface area contributed by atoms with Gasteiger partial charge in [-0.15, -0.1) is 0 Å². The summed E-state index contributed by atoms with van der Waals surface area (Å²) in [6.45, 7) is 7.29. The first kappa shape index (κ1) is 21.3. The molecule has 33 heavy (non-hydrogen) atoms. The minimum Gasteiger partial charge on any atom is -0.361 e. The van der Waals surface area contributed by atoms with Gasteiger partial charge in [0, 0.05) is 67.5 Å². The molecule has 1 fully saturated rings. The zero-order valence-electron chi connectivity index (χ0n) is 18.7. The van der Waals surface area contributed by atoms with Gasteiger partial charge in [-0.2, -0.15) is 5.10 Å². The van der Waals surface area contributed by atoms with Gasteiger partial charge in [0.2, 0.25) is 0 Å². The number of H-pyrrole nitrogens is 1. The lowest BCUT2D eigenvalue weighted by Gasteiger charge is -2.40. The van der Waals surface area contributed by atoms with E-state index in [1.54, 1.807) is 24.5 Å². The van der Waals surface area contributed by atoms with Crippen molar-refractivity contribution < 1.29 is 8.91 Å². The highest BCUT2D eigenvalue weighted by Gasteiger charge is 2.29. The zero-order chi connectivity index (χ0) is 22.8. The van der Waals surface area contributed by atoms with Gasteiger partial charge in [-0.25, -0.2) is 9.37 Å². The summed E-state index contributed by atoms with van der Waals surface area (Å²) in [4.78, 5) is 13.9. The number of anilines is 1. The average Bonchev–Trinajstić information content (AvgIpc) is 3.49. The lowest BCUT2D eigenvalue weighted by molar-refractivity contribution is 0.183. The number of aryl methyl sites for hydroxylation is 2. The fourth-order valence-corrected chi connectivity index (χ4v) is 4.51. The monoisotopic (exact) mass is 447 g/mol. The molecule has 1 aliphatic heterocycles. The van der Waals surface area contributed by atoms with Crippen molar-refractivity contribution in [3.63, 3.8) is 0 Å². The molecule has 1 atom stereocenters. The van der Waals surface area contributed by atoms with Crippen molar-refractivity contribution in [3.05, 3.63) is 77.5 Å². The van der Waals surface area contributed by atoms with Crippen molar-refractivity contribution in [2.75, 3.05) is 31.1 Å². The molecule has 0 aliphatic carbocycles. The molecule has 170 valence electrons. The van der Waals surface area contributed by atoms with E-state index in [0.29, 0.717) is 0 Å². The van der Waals surface area contributed by atoms with Gasteiger partial charge >= 0.3 is 0 Å². The number of aromatic nitrogens is 5. The summed E-state index contributed by atoms with van der Waals surface area (Å²) in [6, 6.07) is 6.57. The first-order valence-electron chi connectivity index (χ1n) is 11.1. The van der Waals surface area contributed by atoms with Crippen LogP contribution in [0.1, 0.15) is 28.6 Å². The molecular weight excluding hydrogens is 421 g/mol. The number of hydrogen-bond donors (Lipinski definition) is 1. The Morgan fingerprint density at radius 2 is 1.82 bits per heavy atom. The van der Waals surface area contributed by atoms with Crippen LogP contribution in [0.4, 0.5) is 10.2 Å². The summed E-state index contributed by atoms with van der Waals surface area (Å²) in [7, 11) is 0. The molecule has 8 nitrogen and oxygen atoms in total. The quantitative estimate of drug-likeness (QED) is 0.482. The SMILES string of the molecule is Cc1noc(C)c1CC(c1cn[nH]c1)N1CCN(c2nccnc2-c2ccc(F)cc2)CC1. The van der Waals surface area contributed by atoms with Gasteiger partial charge in [0.05, 0.1) is 11.9 Å². The normalized spacial score (nSPS) is 15.7. The fraction of sp³-hybridized carbons (Fsp3) is 0.333. The Morgan fingerprint density at radius 3 is 2.48 bits per heavy atom. The summed E-state index contributed by atoms with van der Waals surface area (Å²) in [5, 5.41) is 11.3. The minimum absolute atomic E-state index is 0.168. The number of piperazine rings is 1. The third-order valence-corrected chi connectivity index (χ3v) is 6.33. The number of aromatic amines is 1. The van der Waals surface area contributed by atoms with E-state index in [9.17, 15) is 4.39 Å². The third kappa shape index (κ3) is 4.36. The van der Waals surface area contributed by atoms with E-state index < -0.39 is 0 Å². The smallest absolute Gasteiger partial charge is 0.155 e. The first-order valence-corrected chi connectivity index (χ1v) is 11.1. The number of benzene rings is 1. The fourth-order valence-electron chi connectivity index (χ4n) is 4.51. The Balaban J connectivity index is 1.35. The second-order valence-corrected chi connectivity index (χ2v) is 8.31. The lowest BCUT2D eigenvalue weighted by Crippen LogP contribution is -2.48. The van der Waals surface area contributed by atoms with Crippen LogP contribution in [0.5, 0.6) is 0 Å². The first-order chi connectivity index (χ1) is 16.1. The standard InChI is InChI=1S/C24H26FN7O/c1-16-21(17(2)33-30-16)13-22(19-14-28-29-15-19)31-9-11-32(12-10-31)24-23(26-7-8-27-24)18-3-5-20(25)6-4-18/h3-8,14-15,22H,9-13H2,1-2H3,(H,28,29). The Labute approximate surface area is 191 Å². The van der Waals surface area contributed by atoms with Crippen LogP contribution in [-0.2, 0) is 6.42 Å². The van der Waals surface area contributed by atoms with Gasteiger partial charge in [-0.3, -0.25) is 15.0 Å². The number of nitrogens with one attached hydrogen (secondary N) is 1. The Morgan fingerprint density at radius 1 is 1.06 bits per heavy atom. The van der Waals surface area contributed by atoms with E-state index >= 15 is 0 Å². The van der Waals surface area contributed by atoms with Crippen LogP contribution >= 0.6 is 0 Å². The van der Waals surface area contributed by atoms with Gasteiger partial charge in [0.1, 0.15) is 17.3 Å². The highest BCUT2D eigenvalue weighted by molar-refractivity contribution is 5.72. The highest BCUT2D eigenvalue weighted by atomic mass is 19.1. The predicted molar refractivity (Wildman–Crippen MR) is 122 cm³/mol. The van der Waals surface area contributed by atoms with Crippen LogP contribution in [0.2, 0.25) is 0 Å². The molecular formula is C24H26FN7O. The molecule has 1 unspecified atom stereocenters. The largest absolute Gasteiger partial charge is 0.361 e. The number of halogens is 1. The molecule has 1 aromatic carbocycles. The molecule has 0 amide bonds. The van der Waals surface area contributed by atoms with E-state index in [0.717, 1.165) is 72.3 Å². The van der Waals surface area contributed by atoms with E-state index in [-0.39, 0.29) is 11.9 Å². The van der Waals surface area contributed by atoms with Crippen molar-refractivity contribution in [2.24, 2.45) is 0 Å². The number of nitrogens with zero attached hydrogens (tertiary/aromatic N) is 6. The molecule has 0 saturated carbocycles. The van der Waals surface area contributed by atoms with E-state index in [4.69, 9.17) is 4.52 Å². The van der Waals surface area contributed by atoms with Crippen LogP contribution in [0.25, 0.3) is 11.3 Å². The van der Waals surface area contributed by atoms with Gasteiger partial charge in [-0.1, -0.05) is 5.16 Å². The van der Waals surface area contributed by atoms with Crippen molar-refractivity contribution in [1.29, 1.82) is 0 Å². The van der Waals surface area contributed by atoms with Crippen molar-refractivity contribution in [2.45, 2.75) is 26.3 Å². The van der Waals surface area contributed by atoms with Gasteiger partial charge in [0.25, 0.3) is 0 Å². The summed E-state index contributed by atoms with van der Waals surface area (Å²) in [5.41, 5.74) is 4.86.